The molecule has 0 aliphatic heterocycles. The van der Waals surface area contributed by atoms with E-state index in [1.807, 2.05) is 20.8 Å². The summed E-state index contributed by atoms with van der Waals surface area (Å²) in [6.07, 6.45) is 1.42. The van der Waals surface area contributed by atoms with Crippen molar-refractivity contribution in [1.29, 1.82) is 0 Å². The van der Waals surface area contributed by atoms with Crippen LogP contribution < -0.4 is 0 Å². The van der Waals surface area contributed by atoms with Crippen LogP contribution in [-0.2, 0) is 17.3 Å². The van der Waals surface area contributed by atoms with Crippen molar-refractivity contribution in [1.82, 2.24) is 19.9 Å². The zero-order valence-electron chi connectivity index (χ0n) is 11.9. The Labute approximate surface area is 121 Å². The minimum atomic E-state index is -0.499. The summed E-state index contributed by atoms with van der Waals surface area (Å²) in [6.45, 7) is 5.57. The van der Waals surface area contributed by atoms with Crippen molar-refractivity contribution in [3.63, 3.8) is 0 Å². The number of aromatic nitrogens is 3. The first-order valence-corrected chi connectivity index (χ1v) is 6.99. The second-order valence-electron chi connectivity index (χ2n) is 5.90. The van der Waals surface area contributed by atoms with Gasteiger partial charge in [-0.15, -0.1) is 5.10 Å². The molecule has 0 unspecified atom stereocenters. The topological polar surface area (TPSA) is 60.3 Å². The predicted molar refractivity (Wildman–Crippen MR) is 73.6 cm³/mol. The number of hydrogen-bond acceptors (Lipinski definition) is 4. The van der Waals surface area contributed by atoms with Gasteiger partial charge in [-0.2, -0.15) is 9.90 Å². The summed E-state index contributed by atoms with van der Waals surface area (Å²) in [5.74, 6) is 0. The highest BCUT2D eigenvalue weighted by molar-refractivity contribution is 9.10. The van der Waals surface area contributed by atoms with Gasteiger partial charge in [-0.05, 0) is 49.5 Å². The lowest BCUT2D eigenvalue weighted by Crippen LogP contribution is -2.41. The van der Waals surface area contributed by atoms with Crippen LogP contribution in [0.5, 0.6) is 0 Å². The van der Waals surface area contributed by atoms with E-state index in [1.54, 1.807) is 19.0 Å². The molecule has 0 bridgehead atoms. The number of hydrogen-bond donors (Lipinski definition) is 0. The van der Waals surface area contributed by atoms with Gasteiger partial charge >= 0.3 is 6.09 Å². The van der Waals surface area contributed by atoms with Gasteiger partial charge in [-0.25, -0.2) is 4.79 Å². The molecule has 106 valence electrons. The molecule has 1 aliphatic rings. The largest absolute Gasteiger partial charge is 0.444 e. The van der Waals surface area contributed by atoms with Crippen molar-refractivity contribution in [3.8, 4) is 0 Å². The molecule has 1 aromatic rings. The Hall–Kier alpha value is -1.11. The van der Waals surface area contributed by atoms with Crippen LogP contribution >= 0.6 is 15.9 Å². The van der Waals surface area contributed by atoms with Gasteiger partial charge in [-0.1, -0.05) is 0 Å². The van der Waals surface area contributed by atoms with E-state index in [0.29, 0.717) is 4.60 Å². The van der Waals surface area contributed by atoms with Crippen LogP contribution in [0, 0.1) is 0 Å². The molecule has 1 fully saturated rings. The van der Waals surface area contributed by atoms with E-state index in [0.717, 1.165) is 18.5 Å². The van der Waals surface area contributed by atoms with Crippen LogP contribution in [0.15, 0.2) is 4.60 Å². The zero-order chi connectivity index (χ0) is 14.4. The number of nitrogens with zero attached hydrogens (tertiary/aromatic N) is 4. The van der Waals surface area contributed by atoms with Crippen LogP contribution in [0.4, 0.5) is 4.79 Å². The van der Waals surface area contributed by atoms with Crippen molar-refractivity contribution in [2.45, 2.75) is 44.8 Å². The van der Waals surface area contributed by atoms with Crippen LogP contribution in [0.1, 0.15) is 39.3 Å². The molecule has 2 rings (SSSR count). The second-order valence-corrected chi connectivity index (χ2v) is 6.65. The third-order valence-electron chi connectivity index (χ3n) is 3.15. The van der Waals surface area contributed by atoms with E-state index in [-0.39, 0.29) is 11.6 Å². The molecule has 1 heterocycles. The molecule has 1 saturated carbocycles. The summed E-state index contributed by atoms with van der Waals surface area (Å²) >= 11 is 3.40. The fourth-order valence-electron chi connectivity index (χ4n) is 2.02. The molecule has 6 nitrogen and oxygen atoms in total. The molecular weight excluding hydrogens is 312 g/mol. The Morgan fingerprint density at radius 1 is 1.42 bits per heavy atom. The van der Waals surface area contributed by atoms with E-state index >= 15 is 0 Å². The number of ether oxygens (including phenoxy) is 1. The number of carbonyl (C=O) groups is 1. The molecule has 0 aromatic carbocycles. The first kappa shape index (κ1) is 14.3. The maximum atomic E-state index is 12.2. The number of aryl methyl sites for hydroxylation is 1. The van der Waals surface area contributed by atoms with Crippen molar-refractivity contribution >= 4 is 22.0 Å². The maximum Gasteiger partial charge on any atom is 0.410 e. The summed E-state index contributed by atoms with van der Waals surface area (Å²) in [5, 5.41) is 8.53. The van der Waals surface area contributed by atoms with Gasteiger partial charge in [0.15, 0.2) is 4.60 Å². The quantitative estimate of drug-likeness (QED) is 0.835. The third-order valence-corrected chi connectivity index (χ3v) is 3.68. The minimum absolute atomic E-state index is 0.331. The van der Waals surface area contributed by atoms with Gasteiger partial charge in [0.1, 0.15) is 11.3 Å². The van der Waals surface area contributed by atoms with E-state index in [2.05, 4.69) is 26.1 Å². The maximum absolute atomic E-state index is 12.2. The van der Waals surface area contributed by atoms with E-state index < -0.39 is 5.60 Å². The zero-order valence-corrected chi connectivity index (χ0v) is 13.5. The number of halogens is 1. The molecule has 1 aliphatic carbocycles. The lowest BCUT2D eigenvalue weighted by molar-refractivity contribution is 0.0184. The summed E-state index contributed by atoms with van der Waals surface area (Å²) in [4.78, 5) is 15.3. The highest BCUT2D eigenvalue weighted by Crippen LogP contribution is 2.51. The fourth-order valence-corrected chi connectivity index (χ4v) is 2.70. The Balaban J connectivity index is 2.21. The number of amides is 1. The highest BCUT2D eigenvalue weighted by Gasteiger charge is 2.54. The minimum Gasteiger partial charge on any atom is -0.444 e. The van der Waals surface area contributed by atoms with Crippen molar-refractivity contribution < 1.29 is 9.53 Å². The highest BCUT2D eigenvalue weighted by atomic mass is 79.9. The number of rotatable bonds is 2. The number of carbonyl (C=O) groups excluding carboxylic acids is 1. The van der Waals surface area contributed by atoms with Gasteiger partial charge in [0.05, 0.1) is 5.54 Å². The average molecular weight is 331 g/mol. The van der Waals surface area contributed by atoms with Gasteiger partial charge in [0.2, 0.25) is 0 Å². The molecule has 0 spiro atoms. The first-order valence-electron chi connectivity index (χ1n) is 6.20. The van der Waals surface area contributed by atoms with Crippen LogP contribution in [-0.4, -0.2) is 38.6 Å². The lowest BCUT2D eigenvalue weighted by atomic mass is 10.1. The standard InChI is InChI=1S/C12H19BrN4O2/c1-11(2,3)19-10(18)16(4)12(6-7-12)8-9(13)15-17(5)14-8/h6-7H2,1-5H3. The fraction of sp³-hybridized carbons (Fsp3) is 0.750. The average Bonchev–Trinajstić information content (AvgIpc) is 2.97. The summed E-state index contributed by atoms with van der Waals surface area (Å²) in [6, 6.07) is 0. The molecule has 1 amide bonds. The van der Waals surface area contributed by atoms with Gasteiger partial charge in [-0.3, -0.25) is 4.90 Å². The summed E-state index contributed by atoms with van der Waals surface area (Å²) < 4.78 is 6.09. The second kappa shape index (κ2) is 4.47. The van der Waals surface area contributed by atoms with Crippen molar-refractivity contribution in [2.24, 2.45) is 7.05 Å². The molecular formula is C12H19BrN4O2. The lowest BCUT2D eigenvalue weighted by Gasteiger charge is -2.29. The van der Waals surface area contributed by atoms with Crippen LogP contribution in [0.25, 0.3) is 0 Å². The first-order chi connectivity index (χ1) is 8.66. The SMILES string of the molecule is CN(C(=O)OC(C)(C)C)C1(c2nn(C)nc2Br)CC1. The Kier molecular flexibility index (Phi) is 3.36. The third kappa shape index (κ3) is 2.75. The molecule has 0 saturated heterocycles. The monoisotopic (exact) mass is 330 g/mol. The normalized spacial score (nSPS) is 17.2. The molecule has 0 radical (unpaired) electrons. The van der Waals surface area contributed by atoms with E-state index in [4.69, 9.17) is 4.74 Å². The Morgan fingerprint density at radius 2 is 2.00 bits per heavy atom. The van der Waals surface area contributed by atoms with Crippen LogP contribution in [0.3, 0.4) is 0 Å². The summed E-state index contributed by atoms with van der Waals surface area (Å²) in [5.41, 5.74) is -0.0837. The Morgan fingerprint density at radius 3 is 2.37 bits per heavy atom. The van der Waals surface area contributed by atoms with E-state index in [9.17, 15) is 4.79 Å². The van der Waals surface area contributed by atoms with Gasteiger partial charge in [0, 0.05) is 14.1 Å². The molecule has 7 heteroatoms. The van der Waals surface area contributed by atoms with Crippen molar-refractivity contribution in [2.75, 3.05) is 7.05 Å². The van der Waals surface area contributed by atoms with Gasteiger partial charge < -0.3 is 4.74 Å². The van der Waals surface area contributed by atoms with Crippen LogP contribution in [0.2, 0.25) is 0 Å². The van der Waals surface area contributed by atoms with Crippen molar-refractivity contribution in [3.05, 3.63) is 10.3 Å². The molecule has 19 heavy (non-hydrogen) atoms. The molecule has 1 aromatic heterocycles. The smallest absolute Gasteiger partial charge is 0.410 e. The van der Waals surface area contributed by atoms with Gasteiger partial charge in [0.25, 0.3) is 0 Å². The molecule has 0 atom stereocenters. The molecule has 0 N–H and O–H groups in total. The predicted octanol–water partition coefficient (Wildman–Crippen LogP) is 2.43. The van der Waals surface area contributed by atoms with E-state index in [1.165, 1.54) is 4.80 Å². The Bertz CT molecular complexity index is 502. The summed E-state index contributed by atoms with van der Waals surface area (Å²) in [7, 11) is 3.51.